The Labute approximate surface area is 137 Å². The highest BCUT2D eigenvalue weighted by Crippen LogP contribution is 2.27. The van der Waals surface area contributed by atoms with Crippen molar-refractivity contribution >= 4 is 12.2 Å². The topological polar surface area (TPSA) is 51.2 Å². The summed E-state index contributed by atoms with van der Waals surface area (Å²) in [6.45, 7) is 0.355. The molecule has 0 aliphatic carbocycles. The number of amides is 1. The Hall–Kier alpha value is -2.83. The molecule has 1 amide bonds. The van der Waals surface area contributed by atoms with Crippen molar-refractivity contribution in [3.05, 3.63) is 71.6 Å². The van der Waals surface area contributed by atoms with Gasteiger partial charge in [-0.25, -0.2) is 4.79 Å². The third kappa shape index (κ3) is 5.75. The molecule has 0 atom stereocenters. The van der Waals surface area contributed by atoms with Crippen LogP contribution in [0.5, 0.6) is 0 Å². The maximum atomic E-state index is 12.4. The first kappa shape index (κ1) is 17.5. The van der Waals surface area contributed by atoms with Crippen LogP contribution >= 0.6 is 0 Å². The predicted molar refractivity (Wildman–Crippen MR) is 82.9 cm³/mol. The van der Waals surface area contributed by atoms with E-state index in [0.717, 1.165) is 17.8 Å². The summed E-state index contributed by atoms with van der Waals surface area (Å²) in [5.74, 6) is 0. The van der Waals surface area contributed by atoms with Gasteiger partial charge in [-0.3, -0.25) is 4.98 Å². The lowest BCUT2D eigenvalue weighted by Gasteiger charge is -2.05. The number of benzene rings is 1. The molecule has 1 N–H and O–H groups in total. The van der Waals surface area contributed by atoms with Crippen LogP contribution in [0.15, 0.2) is 54.7 Å². The number of ether oxygens (including phenoxy) is 1. The second kappa shape index (κ2) is 8.14. The number of halogens is 3. The van der Waals surface area contributed by atoms with Crippen LogP contribution in [-0.2, 0) is 17.5 Å². The fourth-order valence-electron chi connectivity index (χ4n) is 1.78. The molecule has 126 valence electrons. The van der Waals surface area contributed by atoms with Crippen LogP contribution in [-0.4, -0.2) is 17.6 Å². The van der Waals surface area contributed by atoms with Crippen molar-refractivity contribution < 1.29 is 22.7 Å². The van der Waals surface area contributed by atoms with E-state index in [1.165, 1.54) is 6.07 Å². The van der Waals surface area contributed by atoms with Crippen LogP contribution in [0.3, 0.4) is 0 Å². The Balaban J connectivity index is 1.73. The van der Waals surface area contributed by atoms with Crippen molar-refractivity contribution in [1.29, 1.82) is 0 Å². The van der Waals surface area contributed by atoms with Crippen LogP contribution in [0.2, 0.25) is 0 Å². The van der Waals surface area contributed by atoms with E-state index in [0.29, 0.717) is 5.56 Å². The zero-order chi connectivity index (χ0) is 17.4. The standard InChI is InChI=1S/C17H15F3N2O2/c18-17(19,20)15-9-8-13(11-22-15)7-4-10-21-16(23)24-12-14-5-2-1-3-6-14/h1-9,11H,10,12H2,(H,21,23). The molecule has 1 heterocycles. The fraction of sp³-hybridized carbons (Fsp3) is 0.176. The smallest absolute Gasteiger partial charge is 0.433 e. The molecule has 7 heteroatoms. The van der Waals surface area contributed by atoms with Crippen molar-refractivity contribution in [3.8, 4) is 0 Å². The molecular weight excluding hydrogens is 321 g/mol. The van der Waals surface area contributed by atoms with Crippen molar-refractivity contribution in [3.63, 3.8) is 0 Å². The first-order valence-corrected chi connectivity index (χ1v) is 7.09. The molecule has 0 saturated carbocycles. The molecule has 0 spiro atoms. The van der Waals surface area contributed by atoms with E-state index >= 15 is 0 Å². The van der Waals surface area contributed by atoms with E-state index < -0.39 is 18.0 Å². The van der Waals surface area contributed by atoms with E-state index in [1.54, 1.807) is 12.2 Å². The van der Waals surface area contributed by atoms with Gasteiger partial charge in [-0.05, 0) is 17.2 Å². The van der Waals surface area contributed by atoms with Crippen LogP contribution in [0.4, 0.5) is 18.0 Å². The molecule has 0 unspecified atom stereocenters. The minimum Gasteiger partial charge on any atom is -0.445 e. The lowest BCUT2D eigenvalue weighted by molar-refractivity contribution is -0.141. The van der Waals surface area contributed by atoms with Crippen LogP contribution in [0, 0.1) is 0 Å². The molecule has 2 rings (SSSR count). The predicted octanol–water partition coefficient (Wildman–Crippen LogP) is 4.04. The van der Waals surface area contributed by atoms with Gasteiger partial charge in [0.2, 0.25) is 0 Å². The highest BCUT2D eigenvalue weighted by Gasteiger charge is 2.31. The number of alkyl carbamates (subject to hydrolysis) is 1. The van der Waals surface area contributed by atoms with Gasteiger partial charge in [-0.15, -0.1) is 0 Å². The average Bonchev–Trinajstić information content (AvgIpc) is 2.57. The van der Waals surface area contributed by atoms with Gasteiger partial charge < -0.3 is 10.1 Å². The third-order valence-corrected chi connectivity index (χ3v) is 2.96. The minimum absolute atomic E-state index is 0.166. The van der Waals surface area contributed by atoms with Crippen molar-refractivity contribution in [2.24, 2.45) is 0 Å². The van der Waals surface area contributed by atoms with Gasteiger partial charge in [0.25, 0.3) is 0 Å². The number of aromatic nitrogens is 1. The maximum absolute atomic E-state index is 12.4. The molecule has 1 aromatic heterocycles. The Bertz CT molecular complexity index is 683. The Morgan fingerprint density at radius 1 is 1.17 bits per heavy atom. The molecule has 2 aromatic rings. The molecule has 24 heavy (non-hydrogen) atoms. The summed E-state index contributed by atoms with van der Waals surface area (Å²) in [5.41, 5.74) is 0.434. The lowest BCUT2D eigenvalue weighted by Crippen LogP contribution is -2.24. The molecule has 0 aliphatic heterocycles. The van der Waals surface area contributed by atoms with E-state index in [-0.39, 0.29) is 13.2 Å². The van der Waals surface area contributed by atoms with E-state index in [9.17, 15) is 18.0 Å². The van der Waals surface area contributed by atoms with Gasteiger partial charge in [0.1, 0.15) is 12.3 Å². The largest absolute Gasteiger partial charge is 0.445 e. The number of nitrogens with zero attached hydrogens (tertiary/aromatic N) is 1. The summed E-state index contributed by atoms with van der Waals surface area (Å²) in [6.07, 6.45) is -0.757. The molecule has 1 aromatic carbocycles. The molecule has 0 bridgehead atoms. The number of pyridine rings is 1. The number of alkyl halides is 3. The van der Waals surface area contributed by atoms with Gasteiger partial charge in [-0.2, -0.15) is 13.2 Å². The molecule has 0 aliphatic rings. The SMILES string of the molecule is O=C(NCC=Cc1ccc(C(F)(F)F)nc1)OCc1ccccc1. The van der Waals surface area contributed by atoms with Crippen molar-refractivity contribution in [1.82, 2.24) is 10.3 Å². The number of rotatable bonds is 5. The number of carbonyl (C=O) groups excluding carboxylic acids is 1. The van der Waals surface area contributed by atoms with E-state index in [1.807, 2.05) is 30.3 Å². The Kier molecular flexibility index (Phi) is 5.95. The second-order valence-electron chi connectivity index (χ2n) is 4.82. The quantitative estimate of drug-likeness (QED) is 0.896. The number of hydrogen-bond donors (Lipinski definition) is 1. The molecule has 0 radical (unpaired) electrons. The molecule has 4 nitrogen and oxygen atoms in total. The summed E-state index contributed by atoms with van der Waals surface area (Å²) in [6, 6.07) is 11.4. The van der Waals surface area contributed by atoms with Gasteiger partial charge in [0, 0.05) is 12.7 Å². The van der Waals surface area contributed by atoms with Gasteiger partial charge in [0.05, 0.1) is 0 Å². The number of hydrogen-bond acceptors (Lipinski definition) is 3. The number of nitrogens with one attached hydrogen (secondary N) is 1. The van der Waals surface area contributed by atoms with Crippen molar-refractivity contribution in [2.45, 2.75) is 12.8 Å². The summed E-state index contributed by atoms with van der Waals surface area (Å²) < 4.78 is 42.1. The van der Waals surface area contributed by atoms with Gasteiger partial charge in [-0.1, -0.05) is 48.6 Å². The zero-order valence-corrected chi connectivity index (χ0v) is 12.6. The monoisotopic (exact) mass is 336 g/mol. The first-order chi connectivity index (χ1) is 11.4. The van der Waals surface area contributed by atoms with E-state index in [4.69, 9.17) is 4.74 Å². The van der Waals surface area contributed by atoms with Crippen molar-refractivity contribution in [2.75, 3.05) is 6.54 Å². The van der Waals surface area contributed by atoms with Crippen LogP contribution in [0.25, 0.3) is 6.08 Å². The lowest BCUT2D eigenvalue weighted by atomic mass is 10.2. The fourth-order valence-corrected chi connectivity index (χ4v) is 1.78. The third-order valence-electron chi connectivity index (χ3n) is 2.96. The van der Waals surface area contributed by atoms with Crippen LogP contribution < -0.4 is 5.32 Å². The van der Waals surface area contributed by atoms with Crippen LogP contribution in [0.1, 0.15) is 16.8 Å². The summed E-state index contributed by atoms with van der Waals surface area (Å²) in [5, 5.41) is 2.51. The summed E-state index contributed by atoms with van der Waals surface area (Å²) in [7, 11) is 0. The summed E-state index contributed by atoms with van der Waals surface area (Å²) in [4.78, 5) is 14.8. The normalized spacial score (nSPS) is 11.5. The Morgan fingerprint density at radius 2 is 1.92 bits per heavy atom. The molecular formula is C17H15F3N2O2. The molecule has 0 saturated heterocycles. The van der Waals surface area contributed by atoms with Gasteiger partial charge in [0.15, 0.2) is 0 Å². The van der Waals surface area contributed by atoms with Gasteiger partial charge >= 0.3 is 12.3 Å². The highest BCUT2D eigenvalue weighted by molar-refractivity contribution is 5.67. The zero-order valence-electron chi connectivity index (χ0n) is 12.6. The summed E-state index contributed by atoms with van der Waals surface area (Å²) >= 11 is 0. The Morgan fingerprint density at radius 3 is 2.54 bits per heavy atom. The maximum Gasteiger partial charge on any atom is 0.433 e. The minimum atomic E-state index is -4.45. The molecule has 0 fully saturated rings. The highest BCUT2D eigenvalue weighted by atomic mass is 19.4. The average molecular weight is 336 g/mol. The second-order valence-corrected chi connectivity index (χ2v) is 4.82. The number of carbonyl (C=O) groups is 1. The first-order valence-electron chi connectivity index (χ1n) is 7.09. The van der Waals surface area contributed by atoms with E-state index in [2.05, 4.69) is 10.3 Å².